The van der Waals surface area contributed by atoms with Crippen LogP contribution in [-0.4, -0.2) is 42.2 Å². The third kappa shape index (κ3) is 4.17. The van der Waals surface area contributed by atoms with E-state index in [-0.39, 0.29) is 0 Å². The standard InChI is InChI=1S/C17H29N3O/c1-12(2)15-11-20(16(9-18-15)13(3)4)10-14-7-6-8-17(19-14)21-5/h6-8,12-13,15-16,18H,9-11H2,1-5H3. The van der Waals surface area contributed by atoms with Gasteiger partial charge >= 0.3 is 0 Å². The van der Waals surface area contributed by atoms with E-state index in [4.69, 9.17) is 4.74 Å². The molecule has 0 bridgehead atoms. The number of rotatable bonds is 5. The summed E-state index contributed by atoms with van der Waals surface area (Å²) in [7, 11) is 1.67. The monoisotopic (exact) mass is 291 g/mol. The third-order valence-electron chi connectivity index (χ3n) is 4.42. The van der Waals surface area contributed by atoms with Crippen molar-refractivity contribution in [2.75, 3.05) is 20.2 Å². The fourth-order valence-electron chi connectivity index (χ4n) is 3.01. The highest BCUT2D eigenvalue weighted by molar-refractivity contribution is 5.16. The summed E-state index contributed by atoms with van der Waals surface area (Å²) >= 11 is 0. The van der Waals surface area contributed by atoms with Crippen LogP contribution in [0.15, 0.2) is 18.2 Å². The Kier molecular flexibility index (Phi) is 5.59. The van der Waals surface area contributed by atoms with Crippen LogP contribution in [0, 0.1) is 11.8 Å². The molecule has 2 rings (SSSR count). The lowest BCUT2D eigenvalue weighted by molar-refractivity contribution is 0.0771. The number of nitrogens with zero attached hydrogens (tertiary/aromatic N) is 2. The number of hydrogen-bond acceptors (Lipinski definition) is 4. The smallest absolute Gasteiger partial charge is 0.213 e. The molecule has 0 aliphatic carbocycles. The summed E-state index contributed by atoms with van der Waals surface area (Å²) in [6, 6.07) is 7.14. The van der Waals surface area contributed by atoms with Crippen LogP contribution in [-0.2, 0) is 6.54 Å². The Morgan fingerprint density at radius 1 is 1.29 bits per heavy atom. The second-order valence-electron chi connectivity index (χ2n) is 6.67. The Hall–Kier alpha value is -1.13. The number of piperazine rings is 1. The fraction of sp³-hybridized carbons (Fsp3) is 0.706. The highest BCUT2D eigenvalue weighted by Gasteiger charge is 2.31. The van der Waals surface area contributed by atoms with Gasteiger partial charge in [0.15, 0.2) is 0 Å². The molecule has 1 aliphatic heterocycles. The van der Waals surface area contributed by atoms with Crippen molar-refractivity contribution in [3.05, 3.63) is 23.9 Å². The summed E-state index contributed by atoms with van der Waals surface area (Å²) in [5.74, 6) is 1.99. The van der Waals surface area contributed by atoms with Crippen molar-refractivity contribution in [3.63, 3.8) is 0 Å². The average molecular weight is 291 g/mol. The van der Waals surface area contributed by atoms with Gasteiger partial charge in [0.05, 0.1) is 12.8 Å². The molecule has 1 aromatic heterocycles. The molecule has 1 fully saturated rings. The van der Waals surface area contributed by atoms with Crippen LogP contribution in [0.25, 0.3) is 0 Å². The summed E-state index contributed by atoms with van der Waals surface area (Å²) in [5.41, 5.74) is 1.09. The van der Waals surface area contributed by atoms with Gasteiger partial charge in [-0.25, -0.2) is 4.98 Å². The van der Waals surface area contributed by atoms with Crippen LogP contribution >= 0.6 is 0 Å². The quantitative estimate of drug-likeness (QED) is 0.904. The second-order valence-corrected chi connectivity index (χ2v) is 6.67. The Morgan fingerprint density at radius 3 is 2.67 bits per heavy atom. The normalized spacial score (nSPS) is 23.8. The van der Waals surface area contributed by atoms with E-state index >= 15 is 0 Å². The number of hydrogen-bond donors (Lipinski definition) is 1. The first kappa shape index (κ1) is 16.2. The van der Waals surface area contributed by atoms with E-state index in [1.807, 2.05) is 12.1 Å². The Labute approximate surface area is 128 Å². The molecule has 21 heavy (non-hydrogen) atoms. The minimum atomic E-state index is 0.561. The fourth-order valence-corrected chi connectivity index (χ4v) is 3.01. The van der Waals surface area contributed by atoms with Crippen molar-refractivity contribution in [1.29, 1.82) is 0 Å². The van der Waals surface area contributed by atoms with Gasteiger partial charge in [0.1, 0.15) is 0 Å². The Balaban J connectivity index is 2.11. The van der Waals surface area contributed by atoms with Crippen molar-refractivity contribution < 1.29 is 4.74 Å². The lowest BCUT2D eigenvalue weighted by Crippen LogP contribution is -2.59. The zero-order valence-electron chi connectivity index (χ0n) is 14.0. The van der Waals surface area contributed by atoms with E-state index in [0.717, 1.165) is 25.3 Å². The van der Waals surface area contributed by atoms with Gasteiger partial charge in [0, 0.05) is 37.8 Å². The van der Waals surface area contributed by atoms with E-state index in [2.05, 4.69) is 49.0 Å². The molecular weight excluding hydrogens is 262 g/mol. The molecule has 1 N–H and O–H groups in total. The molecule has 2 atom stereocenters. The van der Waals surface area contributed by atoms with Crippen molar-refractivity contribution in [2.24, 2.45) is 11.8 Å². The first-order valence-electron chi connectivity index (χ1n) is 7.98. The molecule has 1 saturated heterocycles. The van der Waals surface area contributed by atoms with Gasteiger partial charge in [0.2, 0.25) is 5.88 Å². The minimum Gasteiger partial charge on any atom is -0.481 e. The molecule has 0 aromatic carbocycles. The first-order chi connectivity index (χ1) is 10.0. The highest BCUT2D eigenvalue weighted by atomic mass is 16.5. The van der Waals surface area contributed by atoms with Gasteiger partial charge < -0.3 is 10.1 Å². The second kappa shape index (κ2) is 7.23. The number of pyridine rings is 1. The van der Waals surface area contributed by atoms with E-state index < -0.39 is 0 Å². The zero-order chi connectivity index (χ0) is 15.4. The van der Waals surface area contributed by atoms with Crippen LogP contribution in [0.2, 0.25) is 0 Å². The molecule has 0 radical (unpaired) electrons. The van der Waals surface area contributed by atoms with Crippen molar-refractivity contribution in [3.8, 4) is 5.88 Å². The summed E-state index contributed by atoms with van der Waals surface area (Å²) < 4.78 is 5.24. The SMILES string of the molecule is COc1cccc(CN2CC(C(C)C)NCC2C(C)C)n1. The maximum atomic E-state index is 5.24. The lowest BCUT2D eigenvalue weighted by Gasteiger charge is -2.43. The summed E-state index contributed by atoms with van der Waals surface area (Å²) in [4.78, 5) is 7.14. The van der Waals surface area contributed by atoms with E-state index in [0.29, 0.717) is 29.8 Å². The molecule has 0 saturated carbocycles. The van der Waals surface area contributed by atoms with Crippen LogP contribution in [0.3, 0.4) is 0 Å². The van der Waals surface area contributed by atoms with E-state index in [1.54, 1.807) is 7.11 Å². The molecule has 4 heteroatoms. The maximum Gasteiger partial charge on any atom is 0.213 e. The van der Waals surface area contributed by atoms with Gasteiger partial charge in [-0.1, -0.05) is 33.8 Å². The molecule has 2 heterocycles. The molecule has 2 unspecified atom stereocenters. The van der Waals surface area contributed by atoms with Gasteiger partial charge in [0.25, 0.3) is 0 Å². The Bertz CT molecular complexity index is 447. The van der Waals surface area contributed by atoms with Gasteiger partial charge in [-0.05, 0) is 17.9 Å². The average Bonchev–Trinajstić information content (AvgIpc) is 2.47. The van der Waals surface area contributed by atoms with Crippen molar-refractivity contribution in [2.45, 2.75) is 46.3 Å². The highest BCUT2D eigenvalue weighted by Crippen LogP contribution is 2.21. The molecule has 0 amide bonds. The Morgan fingerprint density at radius 2 is 2.05 bits per heavy atom. The predicted octanol–water partition coefficient (Wildman–Crippen LogP) is 2.54. The van der Waals surface area contributed by atoms with Crippen LogP contribution in [0.1, 0.15) is 33.4 Å². The van der Waals surface area contributed by atoms with Crippen LogP contribution in [0.5, 0.6) is 5.88 Å². The molecular formula is C17H29N3O. The van der Waals surface area contributed by atoms with Gasteiger partial charge in [-0.2, -0.15) is 0 Å². The minimum absolute atomic E-state index is 0.561. The number of nitrogens with one attached hydrogen (secondary N) is 1. The molecule has 0 spiro atoms. The molecule has 1 aliphatic rings. The summed E-state index contributed by atoms with van der Waals surface area (Å²) in [5, 5.41) is 3.70. The van der Waals surface area contributed by atoms with Crippen molar-refractivity contribution in [1.82, 2.24) is 15.2 Å². The number of aromatic nitrogens is 1. The third-order valence-corrected chi connectivity index (χ3v) is 4.42. The lowest BCUT2D eigenvalue weighted by atomic mass is 9.94. The first-order valence-corrected chi connectivity index (χ1v) is 7.98. The van der Waals surface area contributed by atoms with Crippen molar-refractivity contribution >= 4 is 0 Å². The van der Waals surface area contributed by atoms with Gasteiger partial charge in [-0.3, -0.25) is 4.90 Å². The molecule has 1 aromatic rings. The maximum absolute atomic E-state index is 5.24. The van der Waals surface area contributed by atoms with E-state index in [1.165, 1.54) is 0 Å². The van der Waals surface area contributed by atoms with Crippen LogP contribution in [0.4, 0.5) is 0 Å². The molecule has 4 nitrogen and oxygen atoms in total. The van der Waals surface area contributed by atoms with Crippen LogP contribution < -0.4 is 10.1 Å². The number of ether oxygens (including phenoxy) is 1. The van der Waals surface area contributed by atoms with Gasteiger partial charge in [-0.15, -0.1) is 0 Å². The largest absolute Gasteiger partial charge is 0.481 e. The molecule has 118 valence electrons. The predicted molar refractivity (Wildman–Crippen MR) is 86.5 cm³/mol. The zero-order valence-corrected chi connectivity index (χ0v) is 14.0. The summed E-state index contributed by atoms with van der Waals surface area (Å²) in [6.07, 6.45) is 0. The van der Waals surface area contributed by atoms with E-state index in [9.17, 15) is 0 Å². The number of methoxy groups -OCH3 is 1. The summed E-state index contributed by atoms with van der Waals surface area (Å²) in [6.45, 7) is 12.2. The topological polar surface area (TPSA) is 37.4 Å².